The van der Waals surface area contributed by atoms with Gasteiger partial charge in [0.15, 0.2) is 0 Å². The Morgan fingerprint density at radius 1 is 1.37 bits per heavy atom. The maximum atomic E-state index is 4.43. The van der Waals surface area contributed by atoms with Crippen LogP contribution in [0.25, 0.3) is 0 Å². The van der Waals surface area contributed by atoms with Crippen LogP contribution in [-0.2, 0) is 0 Å². The molecular formula is C14H25N5. The van der Waals surface area contributed by atoms with Crippen LogP contribution in [0.15, 0.2) is 6.07 Å². The maximum absolute atomic E-state index is 4.43. The van der Waals surface area contributed by atoms with E-state index in [2.05, 4.69) is 20.6 Å². The van der Waals surface area contributed by atoms with Gasteiger partial charge < -0.3 is 15.5 Å². The summed E-state index contributed by atoms with van der Waals surface area (Å²) in [6, 6.07) is 2.67. The molecule has 1 atom stereocenters. The van der Waals surface area contributed by atoms with Gasteiger partial charge in [-0.1, -0.05) is 6.42 Å². The molecule has 2 N–H and O–H groups in total. The number of anilines is 2. The molecule has 0 aliphatic carbocycles. The molecule has 1 aromatic heterocycles. The fourth-order valence-corrected chi connectivity index (χ4v) is 2.42. The van der Waals surface area contributed by atoms with Gasteiger partial charge in [0.05, 0.1) is 0 Å². The van der Waals surface area contributed by atoms with E-state index in [1.807, 2.05) is 32.0 Å². The topological polar surface area (TPSA) is 53.1 Å². The number of hydrogen-bond acceptors (Lipinski definition) is 5. The number of nitrogens with one attached hydrogen (secondary N) is 2. The summed E-state index contributed by atoms with van der Waals surface area (Å²) in [5, 5.41) is 6.98. The fourth-order valence-electron chi connectivity index (χ4n) is 2.42. The second kappa shape index (κ2) is 6.70. The van der Waals surface area contributed by atoms with E-state index in [1.165, 1.54) is 25.8 Å². The maximum Gasteiger partial charge on any atom is 0.133 e. The lowest BCUT2D eigenvalue weighted by Crippen LogP contribution is -2.35. The zero-order chi connectivity index (χ0) is 13.7. The van der Waals surface area contributed by atoms with E-state index in [-0.39, 0.29) is 0 Å². The number of aryl methyl sites for hydroxylation is 1. The highest BCUT2D eigenvalue weighted by Crippen LogP contribution is 2.14. The molecule has 0 amide bonds. The molecule has 106 valence electrons. The summed E-state index contributed by atoms with van der Waals surface area (Å²) in [7, 11) is 4.00. The van der Waals surface area contributed by atoms with E-state index in [1.54, 1.807) is 0 Å². The molecule has 19 heavy (non-hydrogen) atoms. The predicted molar refractivity (Wildman–Crippen MR) is 79.8 cm³/mol. The number of aromatic nitrogens is 2. The molecule has 1 aliphatic rings. The molecule has 0 bridgehead atoms. The SMILES string of the molecule is Cc1nc(NCCC2CCCCN2)cc(N(C)C)n1. The Labute approximate surface area is 115 Å². The van der Waals surface area contributed by atoms with Crippen molar-refractivity contribution in [2.24, 2.45) is 0 Å². The first-order valence-corrected chi connectivity index (χ1v) is 7.15. The first-order valence-electron chi connectivity index (χ1n) is 7.15. The van der Waals surface area contributed by atoms with Crippen LogP contribution in [0.5, 0.6) is 0 Å². The van der Waals surface area contributed by atoms with Crippen LogP contribution in [0.2, 0.25) is 0 Å². The Kier molecular flexibility index (Phi) is 4.96. The van der Waals surface area contributed by atoms with Gasteiger partial charge in [0, 0.05) is 32.7 Å². The third-order valence-electron chi connectivity index (χ3n) is 3.49. The van der Waals surface area contributed by atoms with Crippen LogP contribution in [0.4, 0.5) is 11.6 Å². The zero-order valence-electron chi connectivity index (χ0n) is 12.2. The summed E-state index contributed by atoms with van der Waals surface area (Å²) in [6.07, 6.45) is 5.13. The molecule has 0 spiro atoms. The third-order valence-corrected chi connectivity index (χ3v) is 3.49. The molecule has 1 unspecified atom stereocenters. The average Bonchev–Trinajstić information content (AvgIpc) is 2.39. The molecule has 0 saturated carbocycles. The van der Waals surface area contributed by atoms with Crippen LogP contribution >= 0.6 is 0 Å². The highest BCUT2D eigenvalue weighted by Gasteiger charge is 2.12. The molecular weight excluding hydrogens is 238 g/mol. The van der Waals surface area contributed by atoms with Crippen LogP contribution in [0.1, 0.15) is 31.5 Å². The molecule has 2 heterocycles. The predicted octanol–water partition coefficient (Wildman–Crippen LogP) is 1.80. The van der Waals surface area contributed by atoms with Gasteiger partial charge in [0.2, 0.25) is 0 Å². The van der Waals surface area contributed by atoms with Crippen LogP contribution < -0.4 is 15.5 Å². The van der Waals surface area contributed by atoms with E-state index in [0.29, 0.717) is 6.04 Å². The van der Waals surface area contributed by atoms with Crippen LogP contribution in [0, 0.1) is 6.92 Å². The number of nitrogens with zero attached hydrogens (tertiary/aromatic N) is 3. The summed E-state index contributed by atoms with van der Waals surface area (Å²) in [4.78, 5) is 10.8. The normalized spacial score (nSPS) is 19.2. The van der Waals surface area contributed by atoms with E-state index in [4.69, 9.17) is 0 Å². The van der Waals surface area contributed by atoms with Gasteiger partial charge in [-0.3, -0.25) is 0 Å². The van der Waals surface area contributed by atoms with Crippen molar-refractivity contribution in [1.82, 2.24) is 15.3 Å². The smallest absolute Gasteiger partial charge is 0.133 e. The Balaban J connectivity index is 1.84. The van der Waals surface area contributed by atoms with E-state index >= 15 is 0 Å². The van der Waals surface area contributed by atoms with E-state index in [0.717, 1.165) is 30.4 Å². The monoisotopic (exact) mass is 263 g/mol. The lowest BCUT2D eigenvalue weighted by Gasteiger charge is -2.23. The minimum Gasteiger partial charge on any atom is -0.370 e. The van der Waals surface area contributed by atoms with Gasteiger partial charge in [-0.05, 0) is 32.7 Å². The summed E-state index contributed by atoms with van der Waals surface area (Å²) in [5.74, 6) is 2.68. The van der Waals surface area contributed by atoms with Crippen molar-refractivity contribution >= 4 is 11.6 Å². The quantitative estimate of drug-likeness (QED) is 0.848. The number of hydrogen-bond donors (Lipinski definition) is 2. The molecule has 1 fully saturated rings. The van der Waals surface area contributed by atoms with Gasteiger partial charge in [-0.25, -0.2) is 9.97 Å². The van der Waals surface area contributed by atoms with Crippen molar-refractivity contribution in [3.8, 4) is 0 Å². The Morgan fingerprint density at radius 3 is 2.89 bits per heavy atom. The Morgan fingerprint density at radius 2 is 2.21 bits per heavy atom. The summed E-state index contributed by atoms with van der Waals surface area (Å²) < 4.78 is 0. The van der Waals surface area contributed by atoms with Crippen molar-refractivity contribution in [2.75, 3.05) is 37.4 Å². The molecule has 2 rings (SSSR count). The number of rotatable bonds is 5. The van der Waals surface area contributed by atoms with Crippen molar-refractivity contribution in [2.45, 2.75) is 38.6 Å². The Hall–Kier alpha value is -1.36. The van der Waals surface area contributed by atoms with Crippen molar-refractivity contribution in [3.63, 3.8) is 0 Å². The summed E-state index contributed by atoms with van der Waals surface area (Å²) >= 11 is 0. The third kappa shape index (κ3) is 4.35. The fraction of sp³-hybridized carbons (Fsp3) is 0.714. The van der Waals surface area contributed by atoms with Gasteiger partial charge in [0.25, 0.3) is 0 Å². The van der Waals surface area contributed by atoms with Crippen LogP contribution in [-0.4, -0.2) is 43.2 Å². The molecule has 5 heteroatoms. The second-order valence-corrected chi connectivity index (χ2v) is 5.42. The van der Waals surface area contributed by atoms with E-state index < -0.39 is 0 Å². The minimum atomic E-state index is 0.664. The molecule has 1 saturated heterocycles. The second-order valence-electron chi connectivity index (χ2n) is 5.42. The molecule has 5 nitrogen and oxygen atoms in total. The van der Waals surface area contributed by atoms with Gasteiger partial charge in [-0.15, -0.1) is 0 Å². The average molecular weight is 263 g/mol. The van der Waals surface area contributed by atoms with Crippen molar-refractivity contribution in [1.29, 1.82) is 0 Å². The lowest BCUT2D eigenvalue weighted by atomic mass is 10.0. The highest BCUT2D eigenvalue weighted by molar-refractivity contribution is 5.48. The Bertz CT molecular complexity index is 399. The highest BCUT2D eigenvalue weighted by atomic mass is 15.2. The van der Waals surface area contributed by atoms with Crippen molar-refractivity contribution < 1.29 is 0 Å². The molecule has 1 aliphatic heterocycles. The van der Waals surface area contributed by atoms with Gasteiger partial charge in [-0.2, -0.15) is 0 Å². The summed E-state index contributed by atoms with van der Waals surface area (Å²) in [6.45, 7) is 4.06. The van der Waals surface area contributed by atoms with Gasteiger partial charge >= 0.3 is 0 Å². The minimum absolute atomic E-state index is 0.664. The van der Waals surface area contributed by atoms with Crippen LogP contribution in [0.3, 0.4) is 0 Å². The molecule has 1 aromatic rings. The molecule has 0 radical (unpaired) electrons. The standard InChI is InChI=1S/C14H25N5/c1-11-17-13(10-14(18-11)19(2)3)16-9-7-12-6-4-5-8-15-12/h10,12,15H,4-9H2,1-3H3,(H,16,17,18). The van der Waals surface area contributed by atoms with Crippen molar-refractivity contribution in [3.05, 3.63) is 11.9 Å². The first kappa shape index (κ1) is 14.1. The zero-order valence-corrected chi connectivity index (χ0v) is 12.2. The summed E-state index contributed by atoms with van der Waals surface area (Å²) in [5.41, 5.74) is 0. The first-order chi connectivity index (χ1) is 9.15. The largest absolute Gasteiger partial charge is 0.370 e. The van der Waals surface area contributed by atoms with E-state index in [9.17, 15) is 0 Å². The molecule has 0 aromatic carbocycles. The van der Waals surface area contributed by atoms with Gasteiger partial charge in [0.1, 0.15) is 17.5 Å². The number of piperidine rings is 1. The lowest BCUT2D eigenvalue weighted by molar-refractivity contribution is 0.389.